The highest BCUT2D eigenvalue weighted by molar-refractivity contribution is 9.10. The molecule has 1 nitrogen and oxygen atoms in total. The van der Waals surface area contributed by atoms with E-state index in [0.29, 0.717) is 0 Å². The molecule has 1 unspecified atom stereocenters. The van der Waals surface area contributed by atoms with E-state index in [1.54, 1.807) is 0 Å². The SMILES string of the molecule is Cc1cc(C(N)c2ccc3c(c2)CCC3)ccc1Br. The third-order valence-corrected chi connectivity index (χ3v) is 4.91. The minimum atomic E-state index is -0.0299. The summed E-state index contributed by atoms with van der Waals surface area (Å²) in [7, 11) is 0. The molecule has 0 spiro atoms. The molecule has 0 bridgehead atoms. The Labute approximate surface area is 123 Å². The Hall–Kier alpha value is -1.12. The average molecular weight is 316 g/mol. The monoisotopic (exact) mass is 315 g/mol. The molecular weight excluding hydrogens is 298 g/mol. The van der Waals surface area contributed by atoms with E-state index >= 15 is 0 Å². The molecule has 0 aliphatic heterocycles. The van der Waals surface area contributed by atoms with Gasteiger partial charge in [-0.15, -0.1) is 0 Å². The van der Waals surface area contributed by atoms with Crippen LogP contribution in [0.25, 0.3) is 0 Å². The van der Waals surface area contributed by atoms with Crippen molar-refractivity contribution in [2.75, 3.05) is 0 Å². The number of rotatable bonds is 2. The second-order valence-electron chi connectivity index (χ2n) is 5.37. The van der Waals surface area contributed by atoms with Gasteiger partial charge in [-0.25, -0.2) is 0 Å². The number of fused-ring (bicyclic) bond motifs is 1. The molecule has 0 saturated heterocycles. The molecular formula is C17H18BrN. The van der Waals surface area contributed by atoms with Gasteiger partial charge in [0.2, 0.25) is 0 Å². The van der Waals surface area contributed by atoms with E-state index in [1.807, 2.05) is 0 Å². The highest BCUT2D eigenvalue weighted by atomic mass is 79.9. The lowest BCUT2D eigenvalue weighted by atomic mass is 9.95. The summed E-state index contributed by atoms with van der Waals surface area (Å²) in [5.41, 5.74) is 13.0. The Morgan fingerprint density at radius 3 is 2.47 bits per heavy atom. The molecule has 1 atom stereocenters. The van der Waals surface area contributed by atoms with Crippen LogP contribution < -0.4 is 5.73 Å². The van der Waals surface area contributed by atoms with E-state index in [2.05, 4.69) is 59.3 Å². The van der Waals surface area contributed by atoms with E-state index in [0.717, 1.165) is 4.47 Å². The van der Waals surface area contributed by atoms with E-state index in [1.165, 1.54) is 47.1 Å². The summed E-state index contributed by atoms with van der Waals surface area (Å²) in [5, 5.41) is 0. The molecule has 0 aromatic heterocycles. The first-order valence-corrected chi connectivity index (χ1v) is 7.58. The molecule has 2 aromatic rings. The first-order chi connectivity index (χ1) is 9.15. The fourth-order valence-corrected chi connectivity index (χ4v) is 3.09. The van der Waals surface area contributed by atoms with Crippen molar-refractivity contribution >= 4 is 15.9 Å². The van der Waals surface area contributed by atoms with Crippen LogP contribution >= 0.6 is 15.9 Å². The van der Waals surface area contributed by atoms with Crippen molar-refractivity contribution in [1.29, 1.82) is 0 Å². The van der Waals surface area contributed by atoms with E-state index in [-0.39, 0.29) is 6.04 Å². The summed E-state index contributed by atoms with van der Waals surface area (Å²) in [4.78, 5) is 0. The minimum absolute atomic E-state index is 0.0299. The van der Waals surface area contributed by atoms with Crippen molar-refractivity contribution in [2.24, 2.45) is 5.73 Å². The van der Waals surface area contributed by atoms with Crippen molar-refractivity contribution in [3.05, 3.63) is 68.7 Å². The second-order valence-corrected chi connectivity index (χ2v) is 6.22. The molecule has 2 N–H and O–H groups in total. The lowest BCUT2D eigenvalue weighted by molar-refractivity contribution is 0.865. The molecule has 19 heavy (non-hydrogen) atoms. The molecule has 0 amide bonds. The Bertz CT molecular complexity index is 619. The predicted molar refractivity (Wildman–Crippen MR) is 83.4 cm³/mol. The second kappa shape index (κ2) is 5.10. The van der Waals surface area contributed by atoms with Gasteiger partial charge in [-0.3, -0.25) is 0 Å². The first-order valence-electron chi connectivity index (χ1n) is 6.78. The zero-order chi connectivity index (χ0) is 13.4. The molecule has 0 heterocycles. The van der Waals surface area contributed by atoms with Gasteiger partial charge in [-0.05, 0) is 60.1 Å². The van der Waals surface area contributed by atoms with Gasteiger partial charge in [0, 0.05) is 4.47 Å². The number of hydrogen-bond acceptors (Lipinski definition) is 1. The van der Waals surface area contributed by atoms with Crippen LogP contribution in [0.3, 0.4) is 0 Å². The molecule has 0 saturated carbocycles. The van der Waals surface area contributed by atoms with E-state index < -0.39 is 0 Å². The van der Waals surface area contributed by atoms with E-state index in [4.69, 9.17) is 5.73 Å². The Kier molecular flexibility index (Phi) is 3.46. The standard InChI is InChI=1S/C17H18BrN/c1-11-9-14(7-8-16(11)18)17(19)15-6-5-12-3-2-4-13(12)10-15/h5-10,17H,2-4,19H2,1H3. The van der Waals surface area contributed by atoms with Crippen LogP contribution in [0.4, 0.5) is 0 Å². The van der Waals surface area contributed by atoms with Gasteiger partial charge in [0.25, 0.3) is 0 Å². The largest absolute Gasteiger partial charge is 0.320 e. The molecule has 0 fully saturated rings. The molecule has 2 aromatic carbocycles. The number of hydrogen-bond donors (Lipinski definition) is 1. The predicted octanol–water partition coefficient (Wildman–Crippen LogP) is 4.29. The summed E-state index contributed by atoms with van der Waals surface area (Å²) >= 11 is 3.53. The Balaban J connectivity index is 1.94. The third-order valence-electron chi connectivity index (χ3n) is 4.02. The van der Waals surface area contributed by atoms with Crippen molar-refractivity contribution in [1.82, 2.24) is 0 Å². The van der Waals surface area contributed by atoms with Gasteiger partial charge in [-0.1, -0.05) is 46.3 Å². The quantitative estimate of drug-likeness (QED) is 0.878. The van der Waals surface area contributed by atoms with Crippen LogP contribution in [0, 0.1) is 6.92 Å². The van der Waals surface area contributed by atoms with Crippen molar-refractivity contribution in [2.45, 2.75) is 32.2 Å². The zero-order valence-electron chi connectivity index (χ0n) is 11.1. The lowest BCUT2D eigenvalue weighted by Crippen LogP contribution is -2.12. The zero-order valence-corrected chi connectivity index (χ0v) is 12.7. The molecule has 98 valence electrons. The van der Waals surface area contributed by atoms with Crippen molar-refractivity contribution < 1.29 is 0 Å². The van der Waals surface area contributed by atoms with Gasteiger partial charge >= 0.3 is 0 Å². The van der Waals surface area contributed by atoms with Crippen LogP contribution in [-0.2, 0) is 12.8 Å². The minimum Gasteiger partial charge on any atom is -0.320 e. The maximum Gasteiger partial charge on any atom is 0.0551 e. The summed E-state index contributed by atoms with van der Waals surface area (Å²) in [6.45, 7) is 2.10. The van der Waals surface area contributed by atoms with Crippen LogP contribution in [0.2, 0.25) is 0 Å². The lowest BCUT2D eigenvalue weighted by Gasteiger charge is -2.15. The summed E-state index contributed by atoms with van der Waals surface area (Å²) in [6, 6.07) is 13.1. The van der Waals surface area contributed by atoms with Crippen LogP contribution in [-0.4, -0.2) is 0 Å². The summed E-state index contributed by atoms with van der Waals surface area (Å²) < 4.78 is 1.14. The summed E-state index contributed by atoms with van der Waals surface area (Å²) in [5.74, 6) is 0. The molecule has 3 rings (SSSR count). The Morgan fingerprint density at radius 2 is 1.68 bits per heavy atom. The van der Waals surface area contributed by atoms with Gasteiger partial charge in [0.1, 0.15) is 0 Å². The van der Waals surface area contributed by atoms with Crippen LogP contribution in [0.15, 0.2) is 40.9 Å². The van der Waals surface area contributed by atoms with Crippen LogP contribution in [0.5, 0.6) is 0 Å². The summed E-state index contributed by atoms with van der Waals surface area (Å²) in [6.07, 6.45) is 3.71. The average Bonchev–Trinajstić information content (AvgIpc) is 2.88. The topological polar surface area (TPSA) is 26.0 Å². The van der Waals surface area contributed by atoms with Crippen LogP contribution in [0.1, 0.15) is 40.3 Å². The number of nitrogens with two attached hydrogens (primary N) is 1. The highest BCUT2D eigenvalue weighted by Gasteiger charge is 2.15. The first kappa shape index (κ1) is 12.9. The maximum absolute atomic E-state index is 6.41. The fraction of sp³-hybridized carbons (Fsp3) is 0.294. The molecule has 1 aliphatic carbocycles. The third kappa shape index (κ3) is 2.47. The molecule has 2 heteroatoms. The highest BCUT2D eigenvalue weighted by Crippen LogP contribution is 2.28. The normalized spacial score (nSPS) is 15.3. The maximum atomic E-state index is 6.41. The molecule has 0 radical (unpaired) electrons. The van der Waals surface area contributed by atoms with Gasteiger partial charge < -0.3 is 5.73 Å². The Morgan fingerprint density at radius 1 is 1.00 bits per heavy atom. The van der Waals surface area contributed by atoms with Gasteiger partial charge in [0.05, 0.1) is 6.04 Å². The molecule has 1 aliphatic rings. The number of aryl methyl sites for hydroxylation is 3. The van der Waals surface area contributed by atoms with Gasteiger partial charge in [0.15, 0.2) is 0 Å². The van der Waals surface area contributed by atoms with Crippen molar-refractivity contribution in [3.8, 4) is 0 Å². The van der Waals surface area contributed by atoms with Gasteiger partial charge in [-0.2, -0.15) is 0 Å². The van der Waals surface area contributed by atoms with E-state index in [9.17, 15) is 0 Å². The fourth-order valence-electron chi connectivity index (χ4n) is 2.84. The van der Waals surface area contributed by atoms with Crippen molar-refractivity contribution in [3.63, 3.8) is 0 Å². The smallest absolute Gasteiger partial charge is 0.0551 e. The number of benzene rings is 2. The number of halogens is 1.